The summed E-state index contributed by atoms with van der Waals surface area (Å²) < 4.78 is 16.0. The van der Waals surface area contributed by atoms with Crippen LogP contribution in [0.15, 0.2) is 24.3 Å². The van der Waals surface area contributed by atoms with Crippen LogP contribution in [0.25, 0.3) is 0 Å². The molecule has 1 saturated heterocycles. The number of amides is 1. The largest absolute Gasteiger partial charge is 0.484 e. The van der Waals surface area contributed by atoms with Crippen molar-refractivity contribution in [3.05, 3.63) is 29.8 Å². The van der Waals surface area contributed by atoms with Gasteiger partial charge in [-0.1, -0.05) is 0 Å². The van der Waals surface area contributed by atoms with Crippen LogP contribution in [-0.4, -0.2) is 67.9 Å². The number of nitrogens with one attached hydrogen (secondary N) is 1. The topological polar surface area (TPSA) is 77.1 Å². The van der Waals surface area contributed by atoms with E-state index in [1.807, 2.05) is 0 Å². The fourth-order valence-electron chi connectivity index (χ4n) is 2.76. The van der Waals surface area contributed by atoms with E-state index in [4.69, 9.17) is 14.2 Å². The molecule has 1 fully saturated rings. The molecule has 1 aromatic carbocycles. The third-order valence-electron chi connectivity index (χ3n) is 4.39. The number of hydrogen-bond donors (Lipinski definition) is 1. The number of morpholine rings is 1. The van der Waals surface area contributed by atoms with Crippen LogP contribution in [-0.2, 0) is 14.3 Å². The van der Waals surface area contributed by atoms with E-state index in [0.717, 1.165) is 26.3 Å². The van der Waals surface area contributed by atoms with Crippen LogP contribution < -0.4 is 10.1 Å². The minimum Gasteiger partial charge on any atom is -0.484 e. The number of benzene rings is 1. The van der Waals surface area contributed by atoms with Crippen molar-refractivity contribution in [2.75, 3.05) is 39.5 Å². The smallest absolute Gasteiger partial charge is 0.338 e. The SMILES string of the molecule is CC(C)OC(=O)c1ccc(OCC(=O)NCC(C)(C)N2CCOCC2)cc1. The predicted octanol–water partition coefficient (Wildman–Crippen LogP) is 1.86. The van der Waals surface area contributed by atoms with Gasteiger partial charge in [-0.05, 0) is 52.0 Å². The maximum absolute atomic E-state index is 12.1. The number of rotatable bonds is 8. The molecular weight excluding hydrogens is 348 g/mol. The lowest BCUT2D eigenvalue weighted by Crippen LogP contribution is -2.55. The summed E-state index contributed by atoms with van der Waals surface area (Å²) in [5.74, 6) is -0.0297. The Bertz CT molecular complexity index is 622. The highest BCUT2D eigenvalue weighted by atomic mass is 16.5. The zero-order valence-electron chi connectivity index (χ0n) is 16.6. The fraction of sp³-hybridized carbons (Fsp3) is 0.600. The number of nitrogens with zero attached hydrogens (tertiary/aromatic N) is 1. The molecule has 0 unspecified atom stereocenters. The van der Waals surface area contributed by atoms with Crippen LogP contribution in [0, 0.1) is 0 Å². The van der Waals surface area contributed by atoms with Crippen LogP contribution in [0.5, 0.6) is 5.75 Å². The van der Waals surface area contributed by atoms with Gasteiger partial charge in [0.15, 0.2) is 6.61 Å². The highest BCUT2D eigenvalue weighted by Crippen LogP contribution is 2.16. The van der Waals surface area contributed by atoms with Gasteiger partial charge in [-0.3, -0.25) is 9.69 Å². The summed E-state index contributed by atoms with van der Waals surface area (Å²) in [6.45, 7) is 11.5. The molecular formula is C20H30N2O5. The Kier molecular flexibility index (Phi) is 7.62. The summed E-state index contributed by atoms with van der Waals surface area (Å²) >= 11 is 0. The quantitative estimate of drug-likeness (QED) is 0.696. The highest BCUT2D eigenvalue weighted by molar-refractivity contribution is 5.89. The second-order valence-electron chi connectivity index (χ2n) is 7.46. The molecule has 0 aliphatic carbocycles. The lowest BCUT2D eigenvalue weighted by atomic mass is 10.0. The summed E-state index contributed by atoms with van der Waals surface area (Å²) in [5, 5.41) is 2.92. The first-order valence-corrected chi connectivity index (χ1v) is 9.31. The Morgan fingerprint density at radius 1 is 1.19 bits per heavy atom. The lowest BCUT2D eigenvalue weighted by molar-refractivity contribution is -0.123. The number of ether oxygens (including phenoxy) is 3. The first-order chi connectivity index (χ1) is 12.8. The zero-order chi connectivity index (χ0) is 19.9. The van der Waals surface area contributed by atoms with Gasteiger partial charge in [0.25, 0.3) is 5.91 Å². The number of esters is 1. The predicted molar refractivity (Wildman–Crippen MR) is 102 cm³/mol. The van der Waals surface area contributed by atoms with Crippen LogP contribution in [0.1, 0.15) is 38.1 Å². The molecule has 0 aromatic heterocycles. The van der Waals surface area contributed by atoms with Crippen molar-refractivity contribution in [2.24, 2.45) is 0 Å². The van der Waals surface area contributed by atoms with Crippen LogP contribution in [0.4, 0.5) is 0 Å². The second-order valence-corrected chi connectivity index (χ2v) is 7.46. The lowest BCUT2D eigenvalue weighted by Gasteiger charge is -2.40. The molecule has 1 aliphatic heterocycles. The van der Waals surface area contributed by atoms with E-state index in [0.29, 0.717) is 17.9 Å². The summed E-state index contributed by atoms with van der Waals surface area (Å²) in [6.07, 6.45) is -0.168. The van der Waals surface area contributed by atoms with Gasteiger partial charge in [-0.2, -0.15) is 0 Å². The molecule has 2 rings (SSSR count). The third-order valence-corrected chi connectivity index (χ3v) is 4.39. The van der Waals surface area contributed by atoms with E-state index in [-0.39, 0.29) is 30.1 Å². The average Bonchev–Trinajstić information content (AvgIpc) is 2.65. The molecule has 0 radical (unpaired) electrons. The summed E-state index contributed by atoms with van der Waals surface area (Å²) in [5.41, 5.74) is 0.311. The van der Waals surface area contributed by atoms with Crippen LogP contribution >= 0.6 is 0 Å². The molecule has 1 aromatic rings. The monoisotopic (exact) mass is 378 g/mol. The van der Waals surface area contributed by atoms with Crippen molar-refractivity contribution in [3.63, 3.8) is 0 Å². The molecule has 1 aliphatic rings. The Labute approximate surface area is 161 Å². The standard InChI is InChI=1S/C20H30N2O5/c1-15(2)27-19(24)16-5-7-17(8-6-16)26-13-18(23)21-14-20(3,4)22-9-11-25-12-10-22/h5-8,15H,9-14H2,1-4H3,(H,21,23). The van der Waals surface area contributed by atoms with Crippen molar-refractivity contribution in [1.82, 2.24) is 10.2 Å². The van der Waals surface area contributed by atoms with E-state index in [1.54, 1.807) is 38.1 Å². The molecule has 150 valence electrons. The minimum absolute atomic E-state index is 0.0744. The van der Waals surface area contributed by atoms with E-state index in [1.165, 1.54) is 0 Å². The van der Waals surface area contributed by atoms with Crippen molar-refractivity contribution >= 4 is 11.9 Å². The van der Waals surface area contributed by atoms with E-state index in [9.17, 15) is 9.59 Å². The molecule has 0 bridgehead atoms. The van der Waals surface area contributed by atoms with Crippen LogP contribution in [0.2, 0.25) is 0 Å². The van der Waals surface area contributed by atoms with Gasteiger partial charge >= 0.3 is 5.97 Å². The summed E-state index contributed by atoms with van der Waals surface area (Å²) in [4.78, 5) is 26.2. The zero-order valence-corrected chi connectivity index (χ0v) is 16.6. The normalized spacial score (nSPS) is 15.4. The molecule has 0 spiro atoms. The Hall–Kier alpha value is -2.12. The minimum atomic E-state index is -0.375. The number of carbonyl (C=O) groups is 2. The molecule has 7 nitrogen and oxygen atoms in total. The second kappa shape index (κ2) is 9.71. The van der Waals surface area contributed by atoms with Crippen LogP contribution in [0.3, 0.4) is 0 Å². The van der Waals surface area contributed by atoms with Gasteiger partial charge < -0.3 is 19.5 Å². The van der Waals surface area contributed by atoms with Gasteiger partial charge in [-0.15, -0.1) is 0 Å². The molecule has 7 heteroatoms. The first-order valence-electron chi connectivity index (χ1n) is 9.31. The summed E-state index contributed by atoms with van der Waals surface area (Å²) in [6, 6.07) is 6.56. The van der Waals surface area contributed by atoms with Crippen molar-refractivity contribution in [2.45, 2.75) is 39.3 Å². The molecule has 0 atom stereocenters. The molecule has 1 amide bonds. The van der Waals surface area contributed by atoms with Gasteiger partial charge in [0.2, 0.25) is 0 Å². The third kappa shape index (κ3) is 6.84. The average molecular weight is 378 g/mol. The number of hydrogen-bond acceptors (Lipinski definition) is 6. The van der Waals surface area contributed by atoms with Gasteiger partial charge in [0, 0.05) is 25.2 Å². The van der Waals surface area contributed by atoms with Gasteiger partial charge in [-0.25, -0.2) is 4.79 Å². The Morgan fingerprint density at radius 3 is 2.41 bits per heavy atom. The highest BCUT2D eigenvalue weighted by Gasteiger charge is 2.28. The maximum Gasteiger partial charge on any atom is 0.338 e. The van der Waals surface area contributed by atoms with Gasteiger partial charge in [0.1, 0.15) is 5.75 Å². The summed E-state index contributed by atoms with van der Waals surface area (Å²) in [7, 11) is 0. The van der Waals surface area contributed by atoms with Crippen molar-refractivity contribution < 1.29 is 23.8 Å². The number of carbonyl (C=O) groups excluding carboxylic acids is 2. The first kappa shape index (κ1) is 21.2. The Morgan fingerprint density at radius 2 is 1.81 bits per heavy atom. The molecule has 0 saturated carbocycles. The van der Waals surface area contributed by atoms with E-state index >= 15 is 0 Å². The molecule has 27 heavy (non-hydrogen) atoms. The maximum atomic E-state index is 12.1. The molecule has 1 N–H and O–H groups in total. The Balaban J connectivity index is 1.75. The fourth-order valence-corrected chi connectivity index (χ4v) is 2.76. The van der Waals surface area contributed by atoms with Crippen molar-refractivity contribution in [3.8, 4) is 5.75 Å². The van der Waals surface area contributed by atoms with E-state index < -0.39 is 0 Å². The van der Waals surface area contributed by atoms with Crippen molar-refractivity contribution in [1.29, 1.82) is 0 Å². The van der Waals surface area contributed by atoms with E-state index in [2.05, 4.69) is 24.1 Å². The van der Waals surface area contributed by atoms with Gasteiger partial charge in [0.05, 0.1) is 24.9 Å². The molecule has 1 heterocycles.